The van der Waals surface area contributed by atoms with Gasteiger partial charge in [-0.05, 0) is 31.7 Å². The Labute approximate surface area is 99.2 Å². The topological polar surface area (TPSA) is 58.2 Å². The second-order valence-corrected chi connectivity index (χ2v) is 6.86. The van der Waals surface area contributed by atoms with Crippen molar-refractivity contribution in [3.8, 4) is 0 Å². The van der Waals surface area contributed by atoms with E-state index in [1.54, 1.807) is 0 Å². The lowest BCUT2D eigenvalue weighted by atomic mass is 10.0. The van der Waals surface area contributed by atoms with Gasteiger partial charge in [0.05, 0.1) is 5.75 Å². The molecule has 2 N–H and O–H groups in total. The van der Waals surface area contributed by atoms with Gasteiger partial charge in [0.25, 0.3) is 0 Å². The van der Waals surface area contributed by atoms with Gasteiger partial charge in [-0.1, -0.05) is 20.3 Å². The van der Waals surface area contributed by atoms with E-state index >= 15 is 0 Å². The number of hydrogen-bond acceptors (Lipinski definition) is 3. The third kappa shape index (κ3) is 5.82. The predicted molar refractivity (Wildman–Crippen MR) is 66.9 cm³/mol. The van der Waals surface area contributed by atoms with E-state index in [1.807, 2.05) is 13.8 Å². The summed E-state index contributed by atoms with van der Waals surface area (Å²) in [4.78, 5) is 0. The molecule has 16 heavy (non-hydrogen) atoms. The summed E-state index contributed by atoms with van der Waals surface area (Å²) in [6.45, 7) is 5.47. The van der Waals surface area contributed by atoms with Crippen molar-refractivity contribution in [3.05, 3.63) is 0 Å². The molecule has 0 bridgehead atoms. The summed E-state index contributed by atoms with van der Waals surface area (Å²) >= 11 is 0. The molecule has 0 saturated carbocycles. The SMILES string of the molecule is CC(C)CS(=O)(=O)NCCC1CCCCN1. The van der Waals surface area contributed by atoms with E-state index in [2.05, 4.69) is 10.0 Å². The average molecular weight is 248 g/mol. The molecule has 1 aliphatic heterocycles. The molecule has 0 spiro atoms. The number of piperidine rings is 1. The molecule has 5 heteroatoms. The van der Waals surface area contributed by atoms with Gasteiger partial charge in [-0.15, -0.1) is 0 Å². The van der Waals surface area contributed by atoms with E-state index in [9.17, 15) is 8.42 Å². The van der Waals surface area contributed by atoms with E-state index < -0.39 is 10.0 Å². The molecule has 1 saturated heterocycles. The third-order valence-electron chi connectivity index (χ3n) is 2.78. The second kappa shape index (κ2) is 6.57. The fourth-order valence-corrected chi connectivity index (χ4v) is 3.48. The highest BCUT2D eigenvalue weighted by Gasteiger charge is 2.15. The van der Waals surface area contributed by atoms with Crippen LogP contribution in [0.25, 0.3) is 0 Å². The zero-order chi connectivity index (χ0) is 12.0. The van der Waals surface area contributed by atoms with Gasteiger partial charge < -0.3 is 5.32 Å². The summed E-state index contributed by atoms with van der Waals surface area (Å²) in [6, 6.07) is 0.496. The molecule has 0 amide bonds. The summed E-state index contributed by atoms with van der Waals surface area (Å²) in [7, 11) is -3.06. The van der Waals surface area contributed by atoms with Gasteiger partial charge in [0, 0.05) is 12.6 Å². The maximum absolute atomic E-state index is 11.6. The Hall–Kier alpha value is -0.130. The molecular formula is C11H24N2O2S. The van der Waals surface area contributed by atoms with Crippen LogP contribution >= 0.6 is 0 Å². The summed E-state index contributed by atoms with van der Waals surface area (Å²) in [5.41, 5.74) is 0. The van der Waals surface area contributed by atoms with Gasteiger partial charge in [0.1, 0.15) is 0 Å². The predicted octanol–water partition coefficient (Wildman–Crippen LogP) is 1.09. The van der Waals surface area contributed by atoms with Crippen LogP contribution < -0.4 is 10.0 Å². The van der Waals surface area contributed by atoms with Crippen LogP contribution in [0.2, 0.25) is 0 Å². The molecule has 0 aliphatic carbocycles. The minimum Gasteiger partial charge on any atom is -0.314 e. The van der Waals surface area contributed by atoms with Crippen molar-refractivity contribution >= 4 is 10.0 Å². The molecule has 0 aromatic carbocycles. The standard InChI is InChI=1S/C11H24N2O2S/c1-10(2)9-16(14,15)13-8-6-11-5-3-4-7-12-11/h10-13H,3-9H2,1-2H3. The van der Waals surface area contributed by atoms with Crippen LogP contribution in [-0.2, 0) is 10.0 Å². The lowest BCUT2D eigenvalue weighted by Crippen LogP contribution is -2.38. The van der Waals surface area contributed by atoms with Gasteiger partial charge in [0.2, 0.25) is 10.0 Å². The molecule has 1 heterocycles. The molecule has 1 fully saturated rings. The van der Waals surface area contributed by atoms with Crippen LogP contribution in [0.4, 0.5) is 0 Å². The van der Waals surface area contributed by atoms with Crippen LogP contribution in [0.5, 0.6) is 0 Å². The number of hydrogen-bond donors (Lipinski definition) is 2. The monoisotopic (exact) mass is 248 g/mol. The largest absolute Gasteiger partial charge is 0.314 e. The molecule has 1 unspecified atom stereocenters. The zero-order valence-electron chi connectivity index (χ0n) is 10.3. The first-order valence-corrected chi connectivity index (χ1v) is 7.85. The van der Waals surface area contributed by atoms with Crippen LogP contribution in [-0.4, -0.2) is 33.3 Å². The summed E-state index contributed by atoms with van der Waals surface area (Å²) < 4.78 is 25.8. The minimum atomic E-state index is -3.06. The second-order valence-electron chi connectivity index (χ2n) is 5.01. The number of nitrogens with one attached hydrogen (secondary N) is 2. The van der Waals surface area contributed by atoms with Crippen LogP contribution in [0.1, 0.15) is 39.5 Å². The van der Waals surface area contributed by atoms with Gasteiger partial charge in [0.15, 0.2) is 0 Å². The first kappa shape index (κ1) is 13.9. The first-order chi connectivity index (χ1) is 7.49. The van der Waals surface area contributed by atoms with Crippen molar-refractivity contribution in [2.24, 2.45) is 5.92 Å². The highest BCUT2D eigenvalue weighted by molar-refractivity contribution is 7.89. The van der Waals surface area contributed by atoms with Crippen LogP contribution in [0.3, 0.4) is 0 Å². The molecule has 1 aliphatic rings. The summed E-state index contributed by atoms with van der Waals surface area (Å²) in [5, 5.41) is 3.41. The number of rotatable bonds is 6. The highest BCUT2D eigenvalue weighted by Crippen LogP contribution is 2.09. The molecule has 0 aromatic rings. The van der Waals surface area contributed by atoms with E-state index in [4.69, 9.17) is 0 Å². The Balaban J connectivity index is 2.18. The Morgan fingerprint density at radius 3 is 2.69 bits per heavy atom. The van der Waals surface area contributed by atoms with Crippen LogP contribution in [0, 0.1) is 5.92 Å². The van der Waals surface area contributed by atoms with Gasteiger partial charge in [-0.3, -0.25) is 0 Å². The normalized spacial score (nSPS) is 22.6. The van der Waals surface area contributed by atoms with Crippen LogP contribution in [0.15, 0.2) is 0 Å². The van der Waals surface area contributed by atoms with Crippen molar-refractivity contribution in [1.29, 1.82) is 0 Å². The van der Waals surface area contributed by atoms with E-state index in [0.29, 0.717) is 12.6 Å². The smallest absolute Gasteiger partial charge is 0.211 e. The van der Waals surface area contributed by atoms with Crippen molar-refractivity contribution in [2.45, 2.75) is 45.6 Å². The molecular weight excluding hydrogens is 224 g/mol. The maximum Gasteiger partial charge on any atom is 0.211 e. The minimum absolute atomic E-state index is 0.185. The lowest BCUT2D eigenvalue weighted by molar-refractivity contribution is 0.382. The summed E-state index contributed by atoms with van der Waals surface area (Å²) in [6.07, 6.45) is 4.58. The Kier molecular flexibility index (Phi) is 5.72. The quantitative estimate of drug-likeness (QED) is 0.740. The summed E-state index contributed by atoms with van der Waals surface area (Å²) in [5.74, 6) is 0.413. The van der Waals surface area contributed by atoms with E-state index in [1.165, 1.54) is 19.3 Å². The molecule has 1 rings (SSSR count). The van der Waals surface area contributed by atoms with E-state index in [-0.39, 0.29) is 11.7 Å². The van der Waals surface area contributed by atoms with Gasteiger partial charge in [-0.2, -0.15) is 0 Å². The maximum atomic E-state index is 11.6. The van der Waals surface area contributed by atoms with E-state index in [0.717, 1.165) is 13.0 Å². The zero-order valence-corrected chi connectivity index (χ0v) is 11.1. The molecule has 4 nitrogen and oxygen atoms in total. The molecule has 0 aromatic heterocycles. The average Bonchev–Trinajstić information content (AvgIpc) is 2.16. The van der Waals surface area contributed by atoms with Crippen molar-refractivity contribution < 1.29 is 8.42 Å². The Morgan fingerprint density at radius 2 is 2.12 bits per heavy atom. The van der Waals surface area contributed by atoms with Gasteiger partial charge in [-0.25, -0.2) is 13.1 Å². The Morgan fingerprint density at radius 1 is 1.38 bits per heavy atom. The van der Waals surface area contributed by atoms with Crippen molar-refractivity contribution in [1.82, 2.24) is 10.0 Å². The van der Waals surface area contributed by atoms with Crippen molar-refractivity contribution in [3.63, 3.8) is 0 Å². The lowest BCUT2D eigenvalue weighted by Gasteiger charge is -2.23. The Bertz CT molecular complexity index is 282. The fraction of sp³-hybridized carbons (Fsp3) is 1.00. The van der Waals surface area contributed by atoms with Gasteiger partial charge >= 0.3 is 0 Å². The molecule has 1 atom stereocenters. The molecule has 96 valence electrons. The highest BCUT2D eigenvalue weighted by atomic mass is 32.2. The fourth-order valence-electron chi connectivity index (χ4n) is 2.06. The third-order valence-corrected chi connectivity index (χ3v) is 4.53. The number of sulfonamides is 1. The first-order valence-electron chi connectivity index (χ1n) is 6.20. The molecule has 0 radical (unpaired) electrons. The van der Waals surface area contributed by atoms with Crippen molar-refractivity contribution in [2.75, 3.05) is 18.8 Å².